The minimum atomic E-state index is -1.10. The smallest absolute Gasteiger partial charge is 0.311 e. The molecule has 0 heterocycles. The van der Waals surface area contributed by atoms with Gasteiger partial charge in [0.2, 0.25) is 0 Å². The summed E-state index contributed by atoms with van der Waals surface area (Å²) in [5, 5.41) is 9.22. The van der Waals surface area contributed by atoms with E-state index in [9.17, 15) is 18.7 Å². The van der Waals surface area contributed by atoms with Gasteiger partial charge in [-0.15, -0.1) is 0 Å². The van der Waals surface area contributed by atoms with Crippen LogP contribution in [0, 0.1) is 11.6 Å². The predicted octanol–water partition coefficient (Wildman–Crippen LogP) is 3.38. The van der Waals surface area contributed by atoms with Gasteiger partial charge in [-0.05, 0) is 24.1 Å². The lowest BCUT2D eigenvalue weighted by Gasteiger charge is -2.13. The lowest BCUT2D eigenvalue weighted by atomic mass is 9.91. The third-order valence-corrected chi connectivity index (χ3v) is 2.97. The van der Waals surface area contributed by atoms with E-state index in [0.717, 1.165) is 12.1 Å². The lowest BCUT2D eigenvalue weighted by Crippen LogP contribution is -2.16. The molecule has 2 aromatic carbocycles. The summed E-state index contributed by atoms with van der Waals surface area (Å²) in [6.45, 7) is 0. The molecule has 0 saturated carbocycles. The summed E-state index contributed by atoms with van der Waals surface area (Å²) >= 11 is 0. The van der Waals surface area contributed by atoms with Gasteiger partial charge in [0.05, 0.1) is 5.92 Å². The fourth-order valence-electron chi connectivity index (χ4n) is 1.96. The van der Waals surface area contributed by atoms with Gasteiger partial charge in [-0.1, -0.05) is 36.4 Å². The van der Waals surface area contributed by atoms with Crippen LogP contribution in [-0.4, -0.2) is 11.1 Å². The van der Waals surface area contributed by atoms with Crippen molar-refractivity contribution >= 4 is 5.97 Å². The maximum absolute atomic E-state index is 13.6. The normalized spacial score (nSPS) is 12.1. The highest BCUT2D eigenvalue weighted by atomic mass is 19.1. The quantitative estimate of drug-likeness (QED) is 0.917. The van der Waals surface area contributed by atoms with Crippen LogP contribution in [0.4, 0.5) is 8.78 Å². The molecule has 19 heavy (non-hydrogen) atoms. The highest BCUT2D eigenvalue weighted by molar-refractivity contribution is 5.76. The zero-order valence-electron chi connectivity index (χ0n) is 10.0. The van der Waals surface area contributed by atoms with Crippen molar-refractivity contribution in [1.29, 1.82) is 0 Å². The molecule has 0 saturated heterocycles. The number of hydrogen-bond donors (Lipinski definition) is 1. The molecule has 2 aromatic rings. The summed E-state index contributed by atoms with van der Waals surface area (Å²) in [5.41, 5.74) is 0.330. The monoisotopic (exact) mass is 262 g/mol. The third kappa shape index (κ3) is 2.96. The number of carboxylic acid groups (broad SMARTS) is 1. The Morgan fingerprint density at radius 2 is 1.58 bits per heavy atom. The van der Waals surface area contributed by atoms with Crippen molar-refractivity contribution < 1.29 is 18.7 Å². The number of carboxylic acids is 1. The van der Waals surface area contributed by atoms with Crippen LogP contribution in [0.2, 0.25) is 0 Å². The molecule has 0 bridgehead atoms. The van der Waals surface area contributed by atoms with Crippen LogP contribution >= 0.6 is 0 Å². The summed E-state index contributed by atoms with van der Waals surface area (Å²) in [6, 6.07) is 11.9. The van der Waals surface area contributed by atoms with E-state index in [1.165, 1.54) is 6.07 Å². The molecule has 0 fully saturated rings. The molecule has 2 nitrogen and oxygen atoms in total. The van der Waals surface area contributed by atoms with Gasteiger partial charge in [-0.2, -0.15) is 0 Å². The Morgan fingerprint density at radius 1 is 1.00 bits per heavy atom. The molecule has 0 aliphatic heterocycles. The molecule has 4 heteroatoms. The van der Waals surface area contributed by atoms with Gasteiger partial charge in [-0.3, -0.25) is 4.79 Å². The zero-order chi connectivity index (χ0) is 13.8. The van der Waals surface area contributed by atoms with Crippen molar-refractivity contribution in [3.05, 3.63) is 71.3 Å². The molecular formula is C15H12F2O2. The Balaban J connectivity index is 2.35. The Kier molecular flexibility index (Phi) is 3.90. The van der Waals surface area contributed by atoms with Crippen LogP contribution in [0.1, 0.15) is 17.0 Å². The molecule has 98 valence electrons. The molecule has 1 atom stereocenters. The predicted molar refractivity (Wildman–Crippen MR) is 66.9 cm³/mol. The van der Waals surface area contributed by atoms with Crippen molar-refractivity contribution in [2.45, 2.75) is 12.3 Å². The molecule has 0 aliphatic carbocycles. The average Bonchev–Trinajstić information content (AvgIpc) is 2.39. The molecule has 0 radical (unpaired) electrons. The Bertz CT molecular complexity index is 562. The van der Waals surface area contributed by atoms with Gasteiger partial charge in [0, 0.05) is 5.56 Å². The fourth-order valence-corrected chi connectivity index (χ4v) is 1.96. The van der Waals surface area contributed by atoms with E-state index in [2.05, 4.69) is 0 Å². The Labute approximate surface area is 109 Å². The first-order valence-corrected chi connectivity index (χ1v) is 5.80. The van der Waals surface area contributed by atoms with Gasteiger partial charge in [0.15, 0.2) is 0 Å². The molecule has 0 aromatic heterocycles. The largest absolute Gasteiger partial charge is 0.481 e. The topological polar surface area (TPSA) is 37.3 Å². The van der Waals surface area contributed by atoms with E-state index in [1.807, 2.05) is 0 Å². The molecule has 1 unspecified atom stereocenters. The first-order valence-electron chi connectivity index (χ1n) is 5.80. The Morgan fingerprint density at radius 3 is 2.11 bits per heavy atom. The number of rotatable bonds is 4. The summed E-state index contributed by atoms with van der Waals surface area (Å²) in [7, 11) is 0. The zero-order valence-corrected chi connectivity index (χ0v) is 10.0. The molecule has 2 rings (SSSR count). The Hall–Kier alpha value is -2.23. The van der Waals surface area contributed by atoms with Crippen LogP contribution in [0.5, 0.6) is 0 Å². The van der Waals surface area contributed by atoms with Gasteiger partial charge in [-0.25, -0.2) is 8.78 Å². The second-order valence-corrected chi connectivity index (χ2v) is 4.21. The number of carbonyl (C=O) groups is 1. The van der Waals surface area contributed by atoms with Crippen molar-refractivity contribution in [2.24, 2.45) is 0 Å². The van der Waals surface area contributed by atoms with Crippen LogP contribution in [0.3, 0.4) is 0 Å². The summed E-state index contributed by atoms with van der Waals surface area (Å²) < 4.78 is 27.1. The van der Waals surface area contributed by atoms with Gasteiger partial charge in [0.1, 0.15) is 11.6 Å². The number of hydrogen-bond acceptors (Lipinski definition) is 1. The standard InChI is InChI=1S/C15H12F2O2/c16-13-7-4-8-14(17)12(13)9-11(15(18)19)10-5-2-1-3-6-10/h1-8,11H,9H2,(H,18,19). The van der Waals surface area contributed by atoms with E-state index in [0.29, 0.717) is 5.56 Å². The highest BCUT2D eigenvalue weighted by Crippen LogP contribution is 2.24. The maximum atomic E-state index is 13.6. The molecule has 0 aliphatic rings. The molecule has 0 spiro atoms. The second-order valence-electron chi connectivity index (χ2n) is 4.21. The molecule has 0 amide bonds. The van der Waals surface area contributed by atoms with E-state index < -0.39 is 23.5 Å². The van der Waals surface area contributed by atoms with E-state index in [4.69, 9.17) is 0 Å². The molecular weight excluding hydrogens is 250 g/mol. The van der Waals surface area contributed by atoms with Crippen molar-refractivity contribution in [2.75, 3.05) is 0 Å². The number of aliphatic carboxylic acids is 1. The maximum Gasteiger partial charge on any atom is 0.311 e. The van der Waals surface area contributed by atoms with Crippen LogP contribution in [0.25, 0.3) is 0 Å². The van der Waals surface area contributed by atoms with Gasteiger partial charge in [0.25, 0.3) is 0 Å². The van der Waals surface area contributed by atoms with E-state index in [1.54, 1.807) is 30.3 Å². The van der Waals surface area contributed by atoms with E-state index >= 15 is 0 Å². The van der Waals surface area contributed by atoms with Crippen molar-refractivity contribution in [3.63, 3.8) is 0 Å². The van der Waals surface area contributed by atoms with Gasteiger partial charge >= 0.3 is 5.97 Å². The number of halogens is 2. The number of benzene rings is 2. The van der Waals surface area contributed by atoms with Crippen LogP contribution in [-0.2, 0) is 11.2 Å². The van der Waals surface area contributed by atoms with Crippen molar-refractivity contribution in [3.8, 4) is 0 Å². The average molecular weight is 262 g/mol. The lowest BCUT2D eigenvalue weighted by molar-refractivity contribution is -0.138. The highest BCUT2D eigenvalue weighted by Gasteiger charge is 2.23. The summed E-state index contributed by atoms with van der Waals surface area (Å²) in [4.78, 5) is 11.3. The minimum Gasteiger partial charge on any atom is -0.481 e. The first kappa shape index (κ1) is 13.2. The van der Waals surface area contributed by atoms with Crippen LogP contribution in [0.15, 0.2) is 48.5 Å². The second kappa shape index (κ2) is 5.61. The first-order chi connectivity index (χ1) is 9.09. The van der Waals surface area contributed by atoms with E-state index in [-0.39, 0.29) is 12.0 Å². The van der Waals surface area contributed by atoms with Crippen molar-refractivity contribution in [1.82, 2.24) is 0 Å². The molecule has 1 N–H and O–H groups in total. The third-order valence-electron chi connectivity index (χ3n) is 2.97. The fraction of sp³-hybridized carbons (Fsp3) is 0.133. The summed E-state index contributed by atoms with van der Waals surface area (Å²) in [5.74, 6) is -3.51. The minimum absolute atomic E-state index is 0.196. The summed E-state index contributed by atoms with van der Waals surface area (Å²) in [6.07, 6.45) is -0.210. The van der Waals surface area contributed by atoms with Gasteiger partial charge < -0.3 is 5.11 Å². The van der Waals surface area contributed by atoms with Crippen LogP contribution < -0.4 is 0 Å². The SMILES string of the molecule is O=C(O)C(Cc1c(F)cccc1F)c1ccccc1.